The minimum Gasteiger partial charge on any atom is -0.493 e. The molecule has 0 saturated heterocycles. The van der Waals surface area contributed by atoms with Gasteiger partial charge in [-0.3, -0.25) is 19.2 Å². The van der Waals surface area contributed by atoms with E-state index in [0.717, 1.165) is 28.7 Å². The minimum absolute atomic E-state index is 0.147. The third kappa shape index (κ3) is 6.40. The minimum atomic E-state index is -0.633. The summed E-state index contributed by atoms with van der Waals surface area (Å²) in [5, 5.41) is 0. The summed E-state index contributed by atoms with van der Waals surface area (Å²) in [6, 6.07) is 19.0. The molecule has 290 valence electrons. The first-order chi connectivity index (χ1) is 27.1. The van der Waals surface area contributed by atoms with Gasteiger partial charge >= 0.3 is 0 Å². The lowest BCUT2D eigenvalue weighted by Gasteiger charge is -2.35. The molecule has 4 heterocycles. The normalized spacial score (nSPS) is 18.5. The van der Waals surface area contributed by atoms with Gasteiger partial charge in [-0.1, -0.05) is 30.3 Å². The first-order valence-corrected chi connectivity index (χ1v) is 18.9. The summed E-state index contributed by atoms with van der Waals surface area (Å²) < 4.78 is 23.6. The number of ether oxygens (including phenoxy) is 4. The molecule has 0 unspecified atom stereocenters. The van der Waals surface area contributed by atoms with Gasteiger partial charge in [0.05, 0.1) is 49.9 Å². The summed E-state index contributed by atoms with van der Waals surface area (Å²) in [4.78, 5) is 61.6. The molecule has 56 heavy (non-hydrogen) atoms. The molecule has 0 aliphatic carbocycles. The lowest BCUT2D eigenvalue weighted by Crippen LogP contribution is -2.50. The van der Waals surface area contributed by atoms with Gasteiger partial charge in [-0.25, -0.2) is 0 Å². The fraction of sp³-hybridized carbons (Fsp3) is 0.349. The van der Waals surface area contributed by atoms with Gasteiger partial charge in [0.1, 0.15) is 12.1 Å². The van der Waals surface area contributed by atoms with Crippen LogP contribution in [0.5, 0.6) is 23.0 Å². The summed E-state index contributed by atoms with van der Waals surface area (Å²) in [5.74, 6) is 0.918. The van der Waals surface area contributed by atoms with Crippen LogP contribution >= 0.6 is 0 Å². The lowest BCUT2D eigenvalue weighted by atomic mass is 9.92. The third-order valence-electron chi connectivity index (χ3n) is 11.4. The van der Waals surface area contributed by atoms with Crippen LogP contribution in [-0.4, -0.2) is 87.0 Å². The van der Waals surface area contributed by atoms with E-state index >= 15 is 0 Å². The Kier molecular flexibility index (Phi) is 9.69. The number of methoxy groups -OCH3 is 2. The van der Waals surface area contributed by atoms with Crippen LogP contribution in [0.25, 0.3) is 0 Å². The molecule has 0 fully saturated rings. The standard InChI is InChI=1S/C43H45N5O8/c1-45-32-21-38(36(53-3)19-30(32)40(49)47-23-27-11-7-6-10-25(27)17-34(47)42(45)51)55-14-8-5-9-15-56-39-22-33-31(20-37(39)54-4)41(50)48-24-28-16-29(44)13-12-26(28)18-35(48)43(52)46(33)2/h6-7,10-13,16,19-22,34-35H,5,8-9,14-15,17-18,23-24,44H2,1-4H3/t34-,35+/m0/s1. The quantitative estimate of drug-likeness (QED) is 0.175. The molecule has 13 nitrogen and oxygen atoms in total. The molecule has 2 atom stereocenters. The summed E-state index contributed by atoms with van der Waals surface area (Å²) in [6.07, 6.45) is 3.04. The van der Waals surface area contributed by atoms with Gasteiger partial charge in [0.25, 0.3) is 11.8 Å². The van der Waals surface area contributed by atoms with Crippen LogP contribution in [0.1, 0.15) is 62.2 Å². The Morgan fingerprint density at radius 3 is 1.59 bits per heavy atom. The van der Waals surface area contributed by atoms with E-state index in [1.54, 1.807) is 53.1 Å². The van der Waals surface area contributed by atoms with Gasteiger partial charge in [0.15, 0.2) is 23.0 Å². The number of nitrogens with two attached hydrogens (primary N) is 1. The maximum Gasteiger partial charge on any atom is 0.257 e. The van der Waals surface area contributed by atoms with Gasteiger partial charge in [0.2, 0.25) is 11.8 Å². The van der Waals surface area contributed by atoms with Crippen LogP contribution in [0.2, 0.25) is 0 Å². The molecule has 2 N–H and O–H groups in total. The molecule has 0 spiro atoms. The highest BCUT2D eigenvalue weighted by atomic mass is 16.5. The Morgan fingerprint density at radius 2 is 1.07 bits per heavy atom. The summed E-state index contributed by atoms with van der Waals surface area (Å²) in [5.41, 5.74) is 12.4. The first-order valence-electron chi connectivity index (χ1n) is 18.9. The van der Waals surface area contributed by atoms with Crippen molar-refractivity contribution in [2.24, 2.45) is 0 Å². The smallest absolute Gasteiger partial charge is 0.257 e. The second-order valence-electron chi connectivity index (χ2n) is 14.7. The highest BCUT2D eigenvalue weighted by Crippen LogP contribution is 2.42. The van der Waals surface area contributed by atoms with Crippen LogP contribution in [0.15, 0.2) is 66.7 Å². The van der Waals surface area contributed by atoms with E-state index in [2.05, 4.69) is 0 Å². The van der Waals surface area contributed by atoms with Crippen LogP contribution in [0, 0.1) is 0 Å². The number of amides is 4. The van der Waals surface area contributed by atoms with E-state index in [0.29, 0.717) is 96.6 Å². The van der Waals surface area contributed by atoms with E-state index < -0.39 is 12.1 Å². The number of carbonyl (C=O) groups excluding carboxylic acids is 4. The second kappa shape index (κ2) is 14.8. The first kappa shape index (κ1) is 36.7. The van der Waals surface area contributed by atoms with E-state index in [1.807, 2.05) is 42.5 Å². The fourth-order valence-corrected chi connectivity index (χ4v) is 8.28. The number of fused-ring (bicyclic) bond motifs is 6. The number of benzene rings is 4. The Hall–Kier alpha value is -6.24. The average molecular weight is 760 g/mol. The van der Waals surface area contributed by atoms with Gasteiger partial charge < -0.3 is 44.3 Å². The Morgan fingerprint density at radius 1 is 0.589 bits per heavy atom. The molecule has 0 bridgehead atoms. The Balaban J connectivity index is 0.896. The molecule has 4 aromatic carbocycles. The number of likely N-dealkylation sites (N-methyl/N-ethyl adjacent to an activating group) is 2. The van der Waals surface area contributed by atoms with Gasteiger partial charge in [-0.2, -0.15) is 0 Å². The number of hydrogen-bond acceptors (Lipinski definition) is 9. The molecule has 4 aromatic rings. The average Bonchev–Trinajstić information content (AvgIpc) is 3.33. The number of rotatable bonds is 10. The fourth-order valence-electron chi connectivity index (χ4n) is 8.28. The zero-order chi connectivity index (χ0) is 39.2. The number of hydrogen-bond donors (Lipinski definition) is 1. The van der Waals surface area contributed by atoms with Crippen molar-refractivity contribution in [3.8, 4) is 23.0 Å². The van der Waals surface area contributed by atoms with E-state index in [-0.39, 0.29) is 30.2 Å². The number of nitrogens with zero attached hydrogens (tertiary/aromatic N) is 4. The zero-order valence-electron chi connectivity index (χ0n) is 32.0. The van der Waals surface area contributed by atoms with Crippen molar-refractivity contribution < 1.29 is 38.1 Å². The van der Waals surface area contributed by atoms with Crippen molar-refractivity contribution in [3.63, 3.8) is 0 Å². The largest absolute Gasteiger partial charge is 0.493 e. The van der Waals surface area contributed by atoms with Crippen LogP contribution < -0.4 is 34.5 Å². The third-order valence-corrected chi connectivity index (χ3v) is 11.4. The molecular weight excluding hydrogens is 714 g/mol. The maximum atomic E-state index is 13.9. The Bertz CT molecular complexity index is 2260. The molecular formula is C43H45N5O8. The number of unbranched alkanes of at least 4 members (excludes halogenated alkanes) is 2. The topological polar surface area (TPSA) is 144 Å². The molecule has 0 saturated carbocycles. The van der Waals surface area contributed by atoms with Crippen molar-refractivity contribution in [2.75, 3.05) is 57.1 Å². The molecule has 4 amide bonds. The van der Waals surface area contributed by atoms with Gasteiger partial charge in [-0.05, 0) is 65.8 Å². The van der Waals surface area contributed by atoms with Crippen LogP contribution in [0.3, 0.4) is 0 Å². The molecule has 8 rings (SSSR count). The summed E-state index contributed by atoms with van der Waals surface area (Å²) in [7, 11) is 6.43. The lowest BCUT2D eigenvalue weighted by molar-refractivity contribution is -0.123. The van der Waals surface area contributed by atoms with Crippen molar-refractivity contribution in [1.29, 1.82) is 0 Å². The SMILES string of the molecule is COc1cc2c(cc1OCCCCCOc1cc3c(cc1OC)C(=O)N1Cc4ccccc4C[C@H]1C(=O)N3C)N(C)C(=O)[C@H]1Cc3ccc(N)cc3CN1C2=O. The van der Waals surface area contributed by atoms with Crippen LogP contribution in [0.4, 0.5) is 17.1 Å². The summed E-state index contributed by atoms with van der Waals surface area (Å²) >= 11 is 0. The van der Waals surface area contributed by atoms with E-state index in [9.17, 15) is 19.2 Å². The molecule has 4 aliphatic rings. The van der Waals surface area contributed by atoms with Crippen molar-refractivity contribution in [1.82, 2.24) is 9.80 Å². The summed E-state index contributed by atoms with van der Waals surface area (Å²) in [6.45, 7) is 1.39. The second-order valence-corrected chi connectivity index (χ2v) is 14.7. The van der Waals surface area contributed by atoms with E-state index in [4.69, 9.17) is 24.7 Å². The highest BCUT2D eigenvalue weighted by molar-refractivity contribution is 6.12. The Labute approximate surface area is 325 Å². The predicted octanol–water partition coefficient (Wildman–Crippen LogP) is 5.00. The zero-order valence-corrected chi connectivity index (χ0v) is 32.0. The molecule has 4 aliphatic heterocycles. The number of carbonyl (C=O) groups is 4. The molecule has 0 radical (unpaired) electrons. The maximum absolute atomic E-state index is 13.9. The van der Waals surface area contributed by atoms with Crippen molar-refractivity contribution in [2.45, 2.75) is 57.3 Å². The number of anilines is 3. The molecule has 0 aromatic heterocycles. The van der Waals surface area contributed by atoms with Crippen molar-refractivity contribution >= 4 is 40.7 Å². The van der Waals surface area contributed by atoms with Gasteiger partial charge in [-0.15, -0.1) is 0 Å². The monoisotopic (exact) mass is 759 g/mol. The van der Waals surface area contributed by atoms with E-state index in [1.165, 1.54) is 19.1 Å². The predicted molar refractivity (Wildman–Crippen MR) is 210 cm³/mol. The van der Waals surface area contributed by atoms with Gasteiger partial charge in [0, 0.05) is 57.8 Å². The number of nitrogen functional groups attached to an aromatic ring is 1. The highest BCUT2D eigenvalue weighted by Gasteiger charge is 2.43. The molecule has 13 heteroatoms. The van der Waals surface area contributed by atoms with Crippen molar-refractivity contribution in [3.05, 3.63) is 100 Å². The van der Waals surface area contributed by atoms with Crippen LogP contribution in [-0.2, 0) is 35.5 Å².